The standard InChI is InChI=1S/C16H21N3O2/c1-16(2)11-4-3-10(12(16)7-11)5-6-18-15(21)13-8-17-9-14(20)19-13/h3,8-9,11-12H,4-7H2,1-2H3,(H,18,21)(H,19,20)/t11-,12-/m0/s1. The van der Waals surface area contributed by atoms with Gasteiger partial charge < -0.3 is 10.3 Å². The van der Waals surface area contributed by atoms with Gasteiger partial charge >= 0.3 is 0 Å². The van der Waals surface area contributed by atoms with Crippen molar-refractivity contribution in [2.75, 3.05) is 6.54 Å². The van der Waals surface area contributed by atoms with Gasteiger partial charge in [0.25, 0.3) is 11.5 Å². The van der Waals surface area contributed by atoms with Gasteiger partial charge in [-0.05, 0) is 36.5 Å². The van der Waals surface area contributed by atoms with E-state index >= 15 is 0 Å². The molecule has 1 heterocycles. The molecule has 2 atom stereocenters. The van der Waals surface area contributed by atoms with Gasteiger partial charge in [-0.3, -0.25) is 14.6 Å². The van der Waals surface area contributed by atoms with Crippen LogP contribution >= 0.6 is 0 Å². The first-order valence-electron chi connectivity index (χ1n) is 7.50. The zero-order valence-electron chi connectivity index (χ0n) is 12.5. The van der Waals surface area contributed by atoms with Crippen molar-refractivity contribution in [1.82, 2.24) is 15.3 Å². The first-order valence-corrected chi connectivity index (χ1v) is 7.50. The normalized spacial score (nSPS) is 25.7. The van der Waals surface area contributed by atoms with Crippen LogP contribution in [-0.2, 0) is 0 Å². The molecule has 0 unspecified atom stereocenters. The minimum Gasteiger partial charge on any atom is -0.350 e. The number of H-pyrrole nitrogens is 1. The summed E-state index contributed by atoms with van der Waals surface area (Å²) in [5.41, 5.74) is 1.74. The zero-order valence-corrected chi connectivity index (χ0v) is 12.5. The average Bonchev–Trinajstić information content (AvgIpc) is 2.47. The fourth-order valence-electron chi connectivity index (χ4n) is 3.67. The van der Waals surface area contributed by atoms with E-state index in [2.05, 4.69) is 35.2 Å². The zero-order chi connectivity index (χ0) is 15.0. The second-order valence-corrected chi connectivity index (χ2v) is 6.64. The Kier molecular flexibility index (Phi) is 3.43. The van der Waals surface area contributed by atoms with Crippen LogP contribution in [0, 0.1) is 17.3 Å². The molecule has 5 heteroatoms. The van der Waals surface area contributed by atoms with Crippen LogP contribution in [0.25, 0.3) is 0 Å². The SMILES string of the molecule is CC1(C)[C@H]2CC=C(CCNC(=O)c3cncc(=O)[nH]3)[C@@H]1C2. The summed E-state index contributed by atoms with van der Waals surface area (Å²) in [5, 5.41) is 2.85. The highest BCUT2D eigenvalue weighted by Crippen LogP contribution is 2.59. The van der Waals surface area contributed by atoms with Gasteiger partial charge in [-0.2, -0.15) is 0 Å². The molecule has 1 aromatic rings. The molecule has 1 fully saturated rings. The lowest BCUT2D eigenvalue weighted by Crippen LogP contribution is -2.48. The van der Waals surface area contributed by atoms with Gasteiger partial charge in [0.1, 0.15) is 5.69 Å². The minimum absolute atomic E-state index is 0.212. The lowest BCUT2D eigenvalue weighted by molar-refractivity contribution is -0.00811. The monoisotopic (exact) mass is 287 g/mol. The average molecular weight is 287 g/mol. The molecule has 0 radical (unpaired) electrons. The quantitative estimate of drug-likeness (QED) is 0.830. The summed E-state index contributed by atoms with van der Waals surface area (Å²) >= 11 is 0. The van der Waals surface area contributed by atoms with Gasteiger partial charge in [0, 0.05) is 6.54 Å². The molecule has 1 saturated carbocycles. The molecule has 4 rings (SSSR count). The van der Waals surface area contributed by atoms with Crippen LogP contribution in [0.4, 0.5) is 0 Å². The molecule has 3 aliphatic rings. The van der Waals surface area contributed by atoms with E-state index in [0.29, 0.717) is 17.9 Å². The van der Waals surface area contributed by atoms with E-state index < -0.39 is 0 Å². The first-order chi connectivity index (χ1) is 9.98. The Bertz CT molecular complexity index is 645. The molecule has 1 amide bonds. The Morgan fingerprint density at radius 2 is 2.29 bits per heavy atom. The molecular formula is C16H21N3O2. The fraction of sp³-hybridized carbons (Fsp3) is 0.562. The summed E-state index contributed by atoms with van der Waals surface area (Å²) in [4.78, 5) is 29.3. The Morgan fingerprint density at radius 3 is 2.95 bits per heavy atom. The maximum Gasteiger partial charge on any atom is 0.269 e. The molecular weight excluding hydrogens is 266 g/mol. The molecule has 0 aliphatic heterocycles. The van der Waals surface area contributed by atoms with Crippen LogP contribution in [-0.4, -0.2) is 22.4 Å². The second-order valence-electron chi connectivity index (χ2n) is 6.64. The van der Waals surface area contributed by atoms with Crippen LogP contribution in [0.2, 0.25) is 0 Å². The molecule has 21 heavy (non-hydrogen) atoms. The predicted molar refractivity (Wildman–Crippen MR) is 79.9 cm³/mol. The largest absolute Gasteiger partial charge is 0.350 e. The topological polar surface area (TPSA) is 74.8 Å². The van der Waals surface area contributed by atoms with Crippen molar-refractivity contribution < 1.29 is 4.79 Å². The molecule has 5 nitrogen and oxygen atoms in total. The highest BCUT2D eigenvalue weighted by molar-refractivity contribution is 5.91. The van der Waals surface area contributed by atoms with E-state index in [1.807, 2.05) is 0 Å². The number of amides is 1. The van der Waals surface area contributed by atoms with Gasteiger partial charge in [0.05, 0.1) is 12.4 Å². The third kappa shape index (κ3) is 2.52. The van der Waals surface area contributed by atoms with Crippen LogP contribution < -0.4 is 10.9 Å². The fourth-order valence-corrected chi connectivity index (χ4v) is 3.67. The molecule has 1 aromatic heterocycles. The highest BCUT2D eigenvalue weighted by atomic mass is 16.2. The summed E-state index contributed by atoms with van der Waals surface area (Å²) < 4.78 is 0. The molecule has 3 aliphatic carbocycles. The summed E-state index contributed by atoms with van der Waals surface area (Å²) in [6.07, 6.45) is 8.22. The van der Waals surface area contributed by atoms with E-state index in [9.17, 15) is 9.59 Å². The number of rotatable bonds is 4. The maximum absolute atomic E-state index is 11.9. The maximum atomic E-state index is 11.9. The van der Waals surface area contributed by atoms with Crippen LogP contribution in [0.1, 0.15) is 43.6 Å². The Morgan fingerprint density at radius 1 is 1.48 bits per heavy atom. The van der Waals surface area contributed by atoms with E-state index in [-0.39, 0.29) is 17.2 Å². The number of nitrogens with one attached hydrogen (secondary N) is 2. The number of hydrogen-bond donors (Lipinski definition) is 2. The molecule has 2 bridgehead atoms. The molecule has 2 N–H and O–H groups in total. The van der Waals surface area contributed by atoms with Crippen molar-refractivity contribution in [2.45, 2.75) is 33.1 Å². The lowest BCUT2D eigenvalue weighted by atomic mass is 9.48. The second kappa shape index (κ2) is 5.13. The van der Waals surface area contributed by atoms with Crippen molar-refractivity contribution >= 4 is 5.91 Å². The number of carbonyl (C=O) groups is 1. The first kappa shape index (κ1) is 14.0. The van der Waals surface area contributed by atoms with Crippen molar-refractivity contribution in [3.05, 3.63) is 40.1 Å². The molecule has 112 valence electrons. The number of aromatic amines is 1. The summed E-state index contributed by atoms with van der Waals surface area (Å²) in [6, 6.07) is 0. The Hall–Kier alpha value is -1.91. The van der Waals surface area contributed by atoms with E-state index in [1.165, 1.54) is 24.6 Å². The van der Waals surface area contributed by atoms with E-state index in [4.69, 9.17) is 0 Å². The number of nitrogens with zero attached hydrogens (tertiary/aromatic N) is 1. The molecule has 0 saturated heterocycles. The van der Waals surface area contributed by atoms with Crippen molar-refractivity contribution in [3.63, 3.8) is 0 Å². The Balaban J connectivity index is 1.54. The molecule has 0 aromatic carbocycles. The van der Waals surface area contributed by atoms with Crippen LogP contribution in [0.5, 0.6) is 0 Å². The third-order valence-corrected chi connectivity index (χ3v) is 5.18. The van der Waals surface area contributed by atoms with Crippen molar-refractivity contribution in [3.8, 4) is 0 Å². The smallest absolute Gasteiger partial charge is 0.269 e. The van der Waals surface area contributed by atoms with Gasteiger partial charge in [-0.25, -0.2) is 0 Å². The van der Waals surface area contributed by atoms with Gasteiger partial charge in [-0.15, -0.1) is 0 Å². The summed E-state index contributed by atoms with van der Waals surface area (Å²) in [7, 11) is 0. The van der Waals surface area contributed by atoms with E-state index in [0.717, 1.165) is 18.5 Å². The number of aromatic nitrogens is 2. The number of carbonyl (C=O) groups excluding carboxylic acids is 1. The molecule has 0 spiro atoms. The highest BCUT2D eigenvalue weighted by Gasteiger charge is 2.50. The Labute approximate surface area is 123 Å². The van der Waals surface area contributed by atoms with Gasteiger partial charge in [-0.1, -0.05) is 25.5 Å². The van der Waals surface area contributed by atoms with Crippen LogP contribution in [0.3, 0.4) is 0 Å². The summed E-state index contributed by atoms with van der Waals surface area (Å²) in [6.45, 7) is 5.29. The van der Waals surface area contributed by atoms with Crippen molar-refractivity contribution in [1.29, 1.82) is 0 Å². The van der Waals surface area contributed by atoms with Crippen LogP contribution in [0.15, 0.2) is 28.8 Å². The number of fused-ring (bicyclic) bond motifs is 1. The predicted octanol–water partition coefficient (Wildman–Crippen LogP) is 1.88. The van der Waals surface area contributed by atoms with E-state index in [1.54, 1.807) is 0 Å². The van der Waals surface area contributed by atoms with Gasteiger partial charge in [0.2, 0.25) is 0 Å². The summed E-state index contributed by atoms with van der Waals surface area (Å²) in [5.74, 6) is 1.23. The van der Waals surface area contributed by atoms with Gasteiger partial charge in [0.15, 0.2) is 0 Å². The minimum atomic E-state index is -0.361. The third-order valence-electron chi connectivity index (χ3n) is 5.18. The van der Waals surface area contributed by atoms with Crippen molar-refractivity contribution in [2.24, 2.45) is 17.3 Å². The number of allylic oxidation sites excluding steroid dienone is 1. The number of hydrogen-bond acceptors (Lipinski definition) is 3. The lowest BCUT2D eigenvalue weighted by Gasteiger charge is -2.56.